The van der Waals surface area contributed by atoms with Crippen molar-refractivity contribution in [1.29, 1.82) is 0 Å². The van der Waals surface area contributed by atoms with Crippen LogP contribution < -0.4 is 9.47 Å². The minimum Gasteiger partial charge on any atom is -0.497 e. The van der Waals surface area contributed by atoms with Crippen LogP contribution in [0.15, 0.2) is 91.0 Å². The molecule has 152 valence electrons. The first-order chi connectivity index (χ1) is 14.7. The fourth-order valence-corrected chi connectivity index (χ4v) is 3.90. The fourth-order valence-electron chi connectivity index (χ4n) is 3.90. The summed E-state index contributed by atoms with van der Waals surface area (Å²) in [6.07, 6.45) is 0. The largest absolute Gasteiger partial charge is 0.497 e. The Bertz CT molecular complexity index is 1100. The summed E-state index contributed by atoms with van der Waals surface area (Å²) in [4.78, 5) is 2.24. The van der Waals surface area contributed by atoms with Crippen LogP contribution in [0.4, 0.5) is 0 Å². The average Bonchev–Trinajstić information content (AvgIpc) is 2.79. The average molecular weight is 398 g/mol. The molecule has 1 atom stereocenters. The van der Waals surface area contributed by atoms with Crippen molar-refractivity contribution < 1.29 is 9.47 Å². The molecule has 1 unspecified atom stereocenters. The Hall–Kier alpha value is -3.30. The summed E-state index contributed by atoms with van der Waals surface area (Å²) < 4.78 is 11.8. The normalized spacial score (nSPS) is 12.1. The van der Waals surface area contributed by atoms with Gasteiger partial charge in [0.1, 0.15) is 18.1 Å². The molecule has 0 spiro atoms. The van der Waals surface area contributed by atoms with Gasteiger partial charge < -0.3 is 9.47 Å². The van der Waals surface area contributed by atoms with Gasteiger partial charge in [0.15, 0.2) is 0 Å². The van der Waals surface area contributed by atoms with Gasteiger partial charge in [-0.3, -0.25) is 4.90 Å². The second-order valence-electron chi connectivity index (χ2n) is 7.62. The van der Waals surface area contributed by atoms with E-state index in [0.29, 0.717) is 6.61 Å². The van der Waals surface area contributed by atoms with E-state index in [1.54, 1.807) is 7.11 Å². The molecule has 30 heavy (non-hydrogen) atoms. The Labute approximate surface area is 178 Å². The maximum Gasteiger partial charge on any atom is 0.132 e. The summed E-state index contributed by atoms with van der Waals surface area (Å²) in [7, 11) is 5.90. The van der Waals surface area contributed by atoms with Crippen LogP contribution in [0.5, 0.6) is 11.5 Å². The number of methoxy groups -OCH3 is 1. The molecule has 0 aliphatic heterocycles. The first-order valence-corrected chi connectivity index (χ1v) is 10.2. The van der Waals surface area contributed by atoms with Gasteiger partial charge in [0.2, 0.25) is 0 Å². The van der Waals surface area contributed by atoms with Crippen molar-refractivity contribution in [3.8, 4) is 11.5 Å². The predicted octanol–water partition coefficient (Wildman–Crippen LogP) is 6.08. The number of nitrogens with zero attached hydrogens (tertiary/aromatic N) is 1. The zero-order valence-electron chi connectivity index (χ0n) is 17.7. The maximum absolute atomic E-state index is 6.50. The first-order valence-electron chi connectivity index (χ1n) is 10.2. The molecule has 4 rings (SSSR count). The van der Waals surface area contributed by atoms with E-state index in [2.05, 4.69) is 85.7 Å². The van der Waals surface area contributed by atoms with Crippen molar-refractivity contribution in [3.63, 3.8) is 0 Å². The topological polar surface area (TPSA) is 21.7 Å². The lowest BCUT2D eigenvalue weighted by Crippen LogP contribution is -2.22. The summed E-state index contributed by atoms with van der Waals surface area (Å²) in [6.45, 7) is 0.500. The first kappa shape index (κ1) is 20.0. The quantitative estimate of drug-likeness (QED) is 0.377. The van der Waals surface area contributed by atoms with Crippen LogP contribution in [-0.2, 0) is 6.61 Å². The molecule has 4 aromatic rings. The number of benzene rings is 4. The fraction of sp³-hybridized carbons (Fsp3) is 0.185. The van der Waals surface area contributed by atoms with Gasteiger partial charge in [-0.25, -0.2) is 0 Å². The molecule has 0 amide bonds. The van der Waals surface area contributed by atoms with Crippen molar-refractivity contribution >= 4 is 10.8 Å². The molecule has 3 nitrogen and oxygen atoms in total. The van der Waals surface area contributed by atoms with Gasteiger partial charge in [-0.15, -0.1) is 0 Å². The van der Waals surface area contributed by atoms with E-state index in [9.17, 15) is 0 Å². The third kappa shape index (κ3) is 4.17. The summed E-state index contributed by atoms with van der Waals surface area (Å²) in [5.41, 5.74) is 3.52. The van der Waals surface area contributed by atoms with Crippen LogP contribution in [0.25, 0.3) is 10.8 Å². The number of hydrogen-bond donors (Lipinski definition) is 0. The molecule has 4 aromatic carbocycles. The Morgan fingerprint density at radius 1 is 0.767 bits per heavy atom. The molecule has 0 heterocycles. The molecular weight excluding hydrogens is 370 g/mol. The van der Waals surface area contributed by atoms with Crippen molar-refractivity contribution in [2.24, 2.45) is 0 Å². The van der Waals surface area contributed by atoms with Gasteiger partial charge in [-0.1, -0.05) is 78.9 Å². The zero-order chi connectivity index (χ0) is 20.9. The monoisotopic (exact) mass is 397 g/mol. The van der Waals surface area contributed by atoms with E-state index < -0.39 is 0 Å². The zero-order valence-corrected chi connectivity index (χ0v) is 17.7. The lowest BCUT2D eigenvalue weighted by Gasteiger charge is -2.28. The van der Waals surface area contributed by atoms with Crippen LogP contribution >= 0.6 is 0 Å². The number of fused-ring (bicyclic) bond motifs is 1. The molecule has 0 aromatic heterocycles. The van der Waals surface area contributed by atoms with Crippen molar-refractivity contribution in [1.82, 2.24) is 4.90 Å². The minimum atomic E-state index is 0.0988. The minimum absolute atomic E-state index is 0.0988. The van der Waals surface area contributed by atoms with Crippen LogP contribution in [-0.4, -0.2) is 26.1 Å². The summed E-state index contributed by atoms with van der Waals surface area (Å²) in [5, 5.41) is 2.31. The Balaban J connectivity index is 1.77. The molecular formula is C27H27NO2. The van der Waals surface area contributed by atoms with Gasteiger partial charge in [0.25, 0.3) is 0 Å². The Morgan fingerprint density at radius 3 is 2.17 bits per heavy atom. The predicted molar refractivity (Wildman–Crippen MR) is 123 cm³/mol. The van der Waals surface area contributed by atoms with Gasteiger partial charge in [-0.2, -0.15) is 0 Å². The summed E-state index contributed by atoms with van der Waals surface area (Å²) in [6, 6.07) is 31.5. The summed E-state index contributed by atoms with van der Waals surface area (Å²) >= 11 is 0. The summed E-state index contributed by atoms with van der Waals surface area (Å²) in [5.74, 6) is 1.79. The van der Waals surface area contributed by atoms with Gasteiger partial charge >= 0.3 is 0 Å². The lowest BCUT2D eigenvalue weighted by atomic mass is 9.94. The highest BCUT2D eigenvalue weighted by molar-refractivity contribution is 5.90. The Morgan fingerprint density at radius 2 is 1.47 bits per heavy atom. The number of ether oxygens (including phenoxy) is 2. The standard InChI is InChI=1S/C27H27NO2/c1-28(2)26(22-10-5-4-6-11-22)25-18-15-21-9-7-8-12-24(21)27(25)30-19-20-13-16-23(29-3)17-14-20/h4-18,26H,19H2,1-3H3. The number of rotatable bonds is 7. The van der Waals surface area contributed by atoms with Crippen molar-refractivity contribution in [2.45, 2.75) is 12.6 Å². The third-order valence-electron chi connectivity index (χ3n) is 5.38. The highest BCUT2D eigenvalue weighted by atomic mass is 16.5. The second-order valence-corrected chi connectivity index (χ2v) is 7.62. The van der Waals surface area contributed by atoms with Gasteiger partial charge in [0.05, 0.1) is 13.2 Å². The molecule has 0 fully saturated rings. The van der Waals surface area contributed by atoms with Crippen LogP contribution in [0, 0.1) is 0 Å². The second kappa shape index (κ2) is 9.02. The SMILES string of the molecule is COc1ccc(COc2c(C(c3ccccc3)N(C)C)ccc3ccccc23)cc1. The highest BCUT2D eigenvalue weighted by Crippen LogP contribution is 2.39. The van der Waals surface area contributed by atoms with E-state index in [1.807, 2.05) is 24.3 Å². The van der Waals surface area contributed by atoms with E-state index in [0.717, 1.165) is 22.4 Å². The molecule has 0 aliphatic rings. The van der Waals surface area contributed by atoms with Gasteiger partial charge in [-0.05, 0) is 42.7 Å². The molecule has 0 radical (unpaired) electrons. The van der Waals surface area contributed by atoms with E-state index >= 15 is 0 Å². The van der Waals surface area contributed by atoms with E-state index in [4.69, 9.17) is 9.47 Å². The highest BCUT2D eigenvalue weighted by Gasteiger charge is 2.22. The van der Waals surface area contributed by atoms with Crippen LogP contribution in [0.3, 0.4) is 0 Å². The molecule has 0 saturated heterocycles. The molecule has 0 saturated carbocycles. The Kier molecular flexibility index (Phi) is 6.01. The van der Waals surface area contributed by atoms with E-state index in [1.165, 1.54) is 16.5 Å². The van der Waals surface area contributed by atoms with Crippen molar-refractivity contribution in [2.75, 3.05) is 21.2 Å². The maximum atomic E-state index is 6.50. The lowest BCUT2D eigenvalue weighted by molar-refractivity contribution is 0.288. The molecule has 0 aliphatic carbocycles. The molecule has 3 heteroatoms. The molecule has 0 N–H and O–H groups in total. The smallest absolute Gasteiger partial charge is 0.132 e. The van der Waals surface area contributed by atoms with E-state index in [-0.39, 0.29) is 6.04 Å². The number of hydrogen-bond acceptors (Lipinski definition) is 3. The van der Waals surface area contributed by atoms with Crippen LogP contribution in [0.1, 0.15) is 22.7 Å². The van der Waals surface area contributed by atoms with Crippen LogP contribution in [0.2, 0.25) is 0 Å². The third-order valence-corrected chi connectivity index (χ3v) is 5.38. The molecule has 0 bridgehead atoms. The van der Waals surface area contributed by atoms with Crippen molar-refractivity contribution in [3.05, 3.63) is 108 Å². The van der Waals surface area contributed by atoms with Gasteiger partial charge in [0, 0.05) is 10.9 Å².